The maximum atomic E-state index is 13.6. The molecule has 1 saturated heterocycles. The SMILES string of the molecule is CCNc1ncc2c(n1)N1CCC[C@H]1CN(c1csc3ccn(C)c(=O)c13)C2=O. The molecule has 0 aliphatic carbocycles. The molecule has 0 radical (unpaired) electrons. The molecule has 0 bridgehead atoms. The Morgan fingerprint density at radius 1 is 1.34 bits per heavy atom. The largest absolute Gasteiger partial charge is 0.354 e. The number of anilines is 3. The van der Waals surface area contributed by atoms with Gasteiger partial charge in [-0.05, 0) is 25.8 Å². The minimum atomic E-state index is -0.150. The Kier molecular flexibility index (Phi) is 4.27. The number of nitrogens with one attached hydrogen (secondary N) is 1. The lowest BCUT2D eigenvalue weighted by Crippen LogP contribution is -2.40. The summed E-state index contributed by atoms with van der Waals surface area (Å²) in [5, 5.41) is 5.66. The third kappa shape index (κ3) is 2.79. The van der Waals surface area contributed by atoms with Gasteiger partial charge in [0.2, 0.25) is 5.95 Å². The van der Waals surface area contributed by atoms with E-state index >= 15 is 0 Å². The zero-order chi connectivity index (χ0) is 20.1. The second-order valence-corrected chi connectivity index (χ2v) is 8.37. The smallest absolute Gasteiger partial charge is 0.263 e. The lowest BCUT2D eigenvalue weighted by molar-refractivity contribution is 0.0988. The Labute approximate surface area is 171 Å². The monoisotopic (exact) mass is 410 g/mol. The fourth-order valence-electron chi connectivity index (χ4n) is 4.26. The van der Waals surface area contributed by atoms with Gasteiger partial charge in [0.15, 0.2) is 0 Å². The second kappa shape index (κ2) is 6.84. The highest BCUT2D eigenvalue weighted by atomic mass is 32.1. The lowest BCUT2D eigenvalue weighted by atomic mass is 10.2. The van der Waals surface area contributed by atoms with E-state index in [0.717, 1.165) is 24.1 Å². The van der Waals surface area contributed by atoms with Crippen molar-refractivity contribution in [1.29, 1.82) is 0 Å². The van der Waals surface area contributed by atoms with E-state index in [1.54, 1.807) is 28.9 Å². The van der Waals surface area contributed by atoms with Crippen LogP contribution in [0.25, 0.3) is 10.1 Å². The standard InChI is InChI=1S/C20H22N6O2S/c1-3-21-20-22-9-13-17(23-20)25-7-4-5-12(25)10-26(18(13)27)14-11-29-15-6-8-24(2)19(28)16(14)15/h6,8-9,11-12H,3-5,7,10H2,1-2H3,(H,21,22,23)/t12-/m0/s1. The molecule has 150 valence electrons. The zero-order valence-corrected chi connectivity index (χ0v) is 17.2. The molecule has 0 spiro atoms. The summed E-state index contributed by atoms with van der Waals surface area (Å²) in [6.45, 7) is 4.11. The molecule has 5 heterocycles. The van der Waals surface area contributed by atoms with E-state index in [0.29, 0.717) is 41.5 Å². The number of rotatable bonds is 3. The minimum absolute atomic E-state index is 0.0851. The van der Waals surface area contributed by atoms with Crippen molar-refractivity contribution in [1.82, 2.24) is 14.5 Å². The van der Waals surface area contributed by atoms with E-state index < -0.39 is 0 Å². The maximum absolute atomic E-state index is 13.6. The quantitative estimate of drug-likeness (QED) is 0.714. The van der Waals surface area contributed by atoms with Crippen molar-refractivity contribution in [3.05, 3.63) is 39.8 Å². The van der Waals surface area contributed by atoms with Crippen molar-refractivity contribution in [2.75, 3.05) is 34.8 Å². The molecule has 1 atom stereocenters. The van der Waals surface area contributed by atoms with Crippen molar-refractivity contribution < 1.29 is 4.79 Å². The number of thiophene rings is 1. The van der Waals surface area contributed by atoms with E-state index in [-0.39, 0.29) is 17.5 Å². The summed E-state index contributed by atoms with van der Waals surface area (Å²) in [6.07, 6.45) is 5.42. The predicted octanol–water partition coefficient (Wildman–Crippen LogP) is 2.45. The Bertz CT molecular complexity index is 1170. The highest BCUT2D eigenvalue weighted by Crippen LogP contribution is 2.37. The zero-order valence-electron chi connectivity index (χ0n) is 16.4. The number of amides is 1. The predicted molar refractivity (Wildman–Crippen MR) is 115 cm³/mol. The van der Waals surface area contributed by atoms with Crippen LogP contribution >= 0.6 is 11.3 Å². The van der Waals surface area contributed by atoms with Crippen molar-refractivity contribution in [2.45, 2.75) is 25.8 Å². The highest BCUT2D eigenvalue weighted by Gasteiger charge is 2.38. The average Bonchev–Trinajstić information content (AvgIpc) is 3.33. The minimum Gasteiger partial charge on any atom is -0.354 e. The van der Waals surface area contributed by atoms with Gasteiger partial charge in [0, 0.05) is 55.2 Å². The Balaban J connectivity index is 1.67. The number of aromatic nitrogens is 3. The number of carbonyl (C=O) groups is 1. The molecule has 5 rings (SSSR count). The van der Waals surface area contributed by atoms with Gasteiger partial charge in [-0.2, -0.15) is 4.98 Å². The molecule has 29 heavy (non-hydrogen) atoms. The molecule has 2 aliphatic heterocycles. The summed E-state index contributed by atoms with van der Waals surface area (Å²) in [5.74, 6) is 1.08. The van der Waals surface area contributed by atoms with Crippen LogP contribution in [0.15, 0.2) is 28.6 Å². The third-order valence-electron chi connectivity index (χ3n) is 5.70. The first-order chi connectivity index (χ1) is 14.1. The maximum Gasteiger partial charge on any atom is 0.263 e. The topological polar surface area (TPSA) is 83.4 Å². The Morgan fingerprint density at radius 2 is 2.21 bits per heavy atom. The molecule has 1 N–H and O–H groups in total. The fourth-order valence-corrected chi connectivity index (χ4v) is 5.19. The summed E-state index contributed by atoms with van der Waals surface area (Å²) in [7, 11) is 1.73. The first-order valence-electron chi connectivity index (χ1n) is 9.84. The van der Waals surface area contributed by atoms with Crippen LogP contribution in [-0.2, 0) is 7.05 Å². The van der Waals surface area contributed by atoms with E-state index in [4.69, 9.17) is 0 Å². The van der Waals surface area contributed by atoms with E-state index in [9.17, 15) is 9.59 Å². The highest BCUT2D eigenvalue weighted by molar-refractivity contribution is 7.17. The van der Waals surface area contributed by atoms with Crippen LogP contribution in [0.4, 0.5) is 17.5 Å². The number of pyridine rings is 1. The molecular formula is C20H22N6O2S. The van der Waals surface area contributed by atoms with Crippen LogP contribution in [0.2, 0.25) is 0 Å². The number of hydrogen-bond acceptors (Lipinski definition) is 7. The van der Waals surface area contributed by atoms with Crippen molar-refractivity contribution in [3.8, 4) is 0 Å². The van der Waals surface area contributed by atoms with E-state index in [2.05, 4.69) is 20.2 Å². The molecular weight excluding hydrogens is 388 g/mol. The van der Waals surface area contributed by atoms with E-state index in [1.807, 2.05) is 18.4 Å². The van der Waals surface area contributed by atoms with Gasteiger partial charge in [0.05, 0.1) is 11.1 Å². The normalized spacial score (nSPS) is 18.7. The third-order valence-corrected chi connectivity index (χ3v) is 6.63. The molecule has 0 saturated carbocycles. The first-order valence-corrected chi connectivity index (χ1v) is 10.7. The van der Waals surface area contributed by atoms with Crippen LogP contribution in [0.3, 0.4) is 0 Å². The molecule has 2 aliphatic rings. The number of aryl methyl sites for hydroxylation is 1. The summed E-state index contributed by atoms with van der Waals surface area (Å²) in [5.41, 5.74) is 1.09. The van der Waals surface area contributed by atoms with Crippen molar-refractivity contribution in [3.63, 3.8) is 0 Å². The van der Waals surface area contributed by atoms with Gasteiger partial charge in [-0.25, -0.2) is 4.98 Å². The number of nitrogens with zero attached hydrogens (tertiary/aromatic N) is 5. The molecule has 0 aromatic carbocycles. The summed E-state index contributed by atoms with van der Waals surface area (Å²) in [4.78, 5) is 39.4. The molecule has 0 unspecified atom stereocenters. The first kappa shape index (κ1) is 18.1. The number of carbonyl (C=O) groups excluding carboxylic acids is 1. The molecule has 8 nitrogen and oxygen atoms in total. The van der Waals surface area contributed by atoms with Gasteiger partial charge in [-0.15, -0.1) is 11.3 Å². The van der Waals surface area contributed by atoms with Crippen LogP contribution in [0.1, 0.15) is 30.1 Å². The van der Waals surface area contributed by atoms with Crippen LogP contribution < -0.4 is 20.7 Å². The fraction of sp³-hybridized carbons (Fsp3) is 0.400. The Morgan fingerprint density at radius 3 is 3.03 bits per heavy atom. The van der Waals surface area contributed by atoms with Gasteiger partial charge in [-0.1, -0.05) is 0 Å². The van der Waals surface area contributed by atoms with Gasteiger partial charge in [-0.3, -0.25) is 9.59 Å². The van der Waals surface area contributed by atoms with Gasteiger partial charge >= 0.3 is 0 Å². The number of hydrogen-bond donors (Lipinski definition) is 1. The van der Waals surface area contributed by atoms with Crippen molar-refractivity contribution >= 4 is 44.8 Å². The average molecular weight is 411 g/mol. The van der Waals surface area contributed by atoms with Gasteiger partial charge < -0.3 is 19.7 Å². The van der Waals surface area contributed by atoms with Gasteiger partial charge in [0.1, 0.15) is 11.4 Å². The second-order valence-electron chi connectivity index (χ2n) is 7.46. The summed E-state index contributed by atoms with van der Waals surface area (Å²) in [6, 6.07) is 2.10. The molecule has 1 amide bonds. The van der Waals surface area contributed by atoms with E-state index in [1.165, 1.54) is 11.3 Å². The van der Waals surface area contributed by atoms with Gasteiger partial charge in [0.25, 0.3) is 11.5 Å². The Hall–Kier alpha value is -2.94. The molecule has 3 aromatic rings. The molecule has 3 aromatic heterocycles. The lowest BCUT2D eigenvalue weighted by Gasteiger charge is -2.26. The molecule has 9 heteroatoms. The molecule has 1 fully saturated rings. The summed E-state index contributed by atoms with van der Waals surface area (Å²) < 4.78 is 2.45. The number of fused-ring (bicyclic) bond motifs is 4. The van der Waals surface area contributed by atoms with Crippen molar-refractivity contribution in [2.24, 2.45) is 7.05 Å². The summed E-state index contributed by atoms with van der Waals surface area (Å²) >= 11 is 1.49. The van der Waals surface area contributed by atoms with Crippen LogP contribution in [-0.4, -0.2) is 46.1 Å². The van der Waals surface area contributed by atoms with Crippen LogP contribution in [0, 0.1) is 0 Å². The van der Waals surface area contributed by atoms with Crippen LogP contribution in [0.5, 0.6) is 0 Å².